The van der Waals surface area contributed by atoms with Crippen LogP contribution in [0.4, 0.5) is 0 Å². The summed E-state index contributed by atoms with van der Waals surface area (Å²) in [5, 5.41) is 4.00. The zero-order chi connectivity index (χ0) is 16.7. The van der Waals surface area contributed by atoms with Crippen LogP contribution in [0, 0.1) is 0 Å². The highest BCUT2D eigenvalue weighted by Gasteiger charge is 2.35. The van der Waals surface area contributed by atoms with Crippen LogP contribution in [0.1, 0.15) is 30.9 Å². The maximum atomic E-state index is 12.6. The van der Waals surface area contributed by atoms with Gasteiger partial charge in [0, 0.05) is 13.7 Å². The van der Waals surface area contributed by atoms with Crippen LogP contribution in [-0.2, 0) is 9.53 Å². The van der Waals surface area contributed by atoms with Crippen LogP contribution in [-0.4, -0.2) is 42.2 Å². The maximum absolute atomic E-state index is 12.6. The standard InChI is InChI=1S/C19H26N2O2/c1-4-10-18(16-11-7-6-8-12-16)21(19(22)5-2)20-14-9-13-17(20)15-23-3/h4-8,11-12,17-18H,1-2,9-10,13-15H2,3H3/t17-,18+/m0/s1. The second kappa shape index (κ2) is 8.65. The van der Waals surface area contributed by atoms with E-state index in [1.54, 1.807) is 7.11 Å². The molecule has 0 saturated carbocycles. The molecule has 2 rings (SSSR count). The Morgan fingerprint density at radius 3 is 2.78 bits per heavy atom. The molecule has 1 amide bonds. The van der Waals surface area contributed by atoms with E-state index < -0.39 is 0 Å². The molecule has 1 heterocycles. The fraction of sp³-hybridized carbons (Fsp3) is 0.421. The number of ether oxygens (including phenoxy) is 1. The van der Waals surface area contributed by atoms with Crippen LogP contribution in [0.5, 0.6) is 0 Å². The van der Waals surface area contributed by atoms with Crippen molar-refractivity contribution in [3.05, 3.63) is 61.2 Å². The first-order chi connectivity index (χ1) is 11.2. The van der Waals surface area contributed by atoms with Crippen LogP contribution in [0.25, 0.3) is 0 Å². The zero-order valence-corrected chi connectivity index (χ0v) is 13.9. The van der Waals surface area contributed by atoms with Gasteiger partial charge in [-0.3, -0.25) is 9.80 Å². The molecule has 4 nitrogen and oxygen atoms in total. The van der Waals surface area contributed by atoms with Crippen LogP contribution in [0.15, 0.2) is 55.6 Å². The van der Waals surface area contributed by atoms with E-state index in [4.69, 9.17) is 4.74 Å². The van der Waals surface area contributed by atoms with Gasteiger partial charge in [-0.15, -0.1) is 6.58 Å². The van der Waals surface area contributed by atoms with E-state index >= 15 is 0 Å². The number of benzene rings is 1. The molecule has 1 aliphatic rings. The molecule has 0 aromatic heterocycles. The smallest absolute Gasteiger partial charge is 0.260 e. The fourth-order valence-corrected chi connectivity index (χ4v) is 3.23. The van der Waals surface area contributed by atoms with Crippen molar-refractivity contribution in [1.29, 1.82) is 0 Å². The monoisotopic (exact) mass is 314 g/mol. The normalized spacial score (nSPS) is 19.3. The number of nitrogens with zero attached hydrogens (tertiary/aromatic N) is 2. The number of carbonyl (C=O) groups is 1. The van der Waals surface area contributed by atoms with Gasteiger partial charge in [0.05, 0.1) is 18.7 Å². The van der Waals surface area contributed by atoms with Gasteiger partial charge in [0.15, 0.2) is 0 Å². The van der Waals surface area contributed by atoms with E-state index in [9.17, 15) is 4.79 Å². The molecule has 1 aromatic rings. The Kier molecular flexibility index (Phi) is 6.56. The number of carbonyl (C=O) groups excluding carboxylic acids is 1. The summed E-state index contributed by atoms with van der Waals surface area (Å²) in [6.45, 7) is 9.03. The van der Waals surface area contributed by atoms with Gasteiger partial charge in [0.25, 0.3) is 5.91 Å². The van der Waals surface area contributed by atoms with Crippen LogP contribution >= 0.6 is 0 Å². The number of hydrazine groups is 1. The quantitative estimate of drug-likeness (QED) is 0.545. The summed E-state index contributed by atoms with van der Waals surface area (Å²) in [4.78, 5) is 12.6. The number of hydrogen-bond donors (Lipinski definition) is 0. The van der Waals surface area contributed by atoms with Gasteiger partial charge >= 0.3 is 0 Å². The average Bonchev–Trinajstić information content (AvgIpc) is 3.03. The highest BCUT2D eigenvalue weighted by molar-refractivity contribution is 5.87. The lowest BCUT2D eigenvalue weighted by Crippen LogP contribution is -2.51. The highest BCUT2D eigenvalue weighted by atomic mass is 16.5. The second-order valence-corrected chi connectivity index (χ2v) is 5.75. The minimum absolute atomic E-state index is 0.0725. The van der Waals surface area contributed by atoms with Crippen molar-refractivity contribution in [2.24, 2.45) is 0 Å². The summed E-state index contributed by atoms with van der Waals surface area (Å²) >= 11 is 0. The molecule has 4 heteroatoms. The molecule has 0 spiro atoms. The van der Waals surface area contributed by atoms with Crippen molar-refractivity contribution in [2.75, 3.05) is 20.3 Å². The SMILES string of the molecule is C=CC[C@H](c1ccccc1)N(C(=O)C=C)N1CCC[C@H]1COC. The lowest BCUT2D eigenvalue weighted by molar-refractivity contribution is -0.154. The predicted molar refractivity (Wildman–Crippen MR) is 92.6 cm³/mol. The van der Waals surface area contributed by atoms with E-state index in [2.05, 4.69) is 30.3 Å². The summed E-state index contributed by atoms with van der Waals surface area (Å²) < 4.78 is 5.34. The van der Waals surface area contributed by atoms with Gasteiger partial charge in [-0.25, -0.2) is 5.01 Å². The fourth-order valence-electron chi connectivity index (χ4n) is 3.23. The number of amides is 1. The Hall–Kier alpha value is -1.91. The molecule has 0 radical (unpaired) electrons. The molecule has 0 N–H and O–H groups in total. The van der Waals surface area contributed by atoms with Crippen molar-refractivity contribution >= 4 is 5.91 Å². The third-order valence-corrected chi connectivity index (χ3v) is 4.25. The van der Waals surface area contributed by atoms with Crippen LogP contribution < -0.4 is 0 Å². The lowest BCUT2D eigenvalue weighted by atomic mass is 10.0. The van der Waals surface area contributed by atoms with Crippen molar-refractivity contribution in [3.8, 4) is 0 Å². The summed E-state index contributed by atoms with van der Waals surface area (Å²) in [5.41, 5.74) is 1.10. The summed E-state index contributed by atoms with van der Waals surface area (Å²) in [6.07, 6.45) is 6.04. The molecule has 1 aliphatic heterocycles. The molecule has 124 valence electrons. The van der Waals surface area contributed by atoms with E-state index in [1.807, 2.05) is 29.3 Å². The lowest BCUT2D eigenvalue weighted by Gasteiger charge is -2.40. The van der Waals surface area contributed by atoms with E-state index in [0.29, 0.717) is 13.0 Å². The zero-order valence-electron chi connectivity index (χ0n) is 13.9. The minimum Gasteiger partial charge on any atom is -0.383 e. The first kappa shape index (κ1) is 17.4. The Labute approximate surface area is 139 Å². The molecule has 0 aliphatic carbocycles. The van der Waals surface area contributed by atoms with Crippen LogP contribution in [0.3, 0.4) is 0 Å². The molecule has 0 unspecified atom stereocenters. The van der Waals surface area contributed by atoms with Gasteiger partial charge < -0.3 is 4.74 Å². The molecule has 23 heavy (non-hydrogen) atoms. The van der Waals surface area contributed by atoms with E-state index in [1.165, 1.54) is 6.08 Å². The van der Waals surface area contributed by atoms with Gasteiger partial charge in [0.2, 0.25) is 0 Å². The average molecular weight is 314 g/mol. The molecule has 1 saturated heterocycles. The first-order valence-electron chi connectivity index (χ1n) is 8.09. The van der Waals surface area contributed by atoms with Gasteiger partial charge in [-0.2, -0.15) is 0 Å². The Bertz CT molecular complexity index is 529. The Balaban J connectivity index is 2.36. The third kappa shape index (κ3) is 4.09. The van der Waals surface area contributed by atoms with Crippen molar-refractivity contribution in [3.63, 3.8) is 0 Å². The molecular formula is C19H26N2O2. The molecular weight excluding hydrogens is 288 g/mol. The largest absolute Gasteiger partial charge is 0.383 e. The topological polar surface area (TPSA) is 32.8 Å². The van der Waals surface area contributed by atoms with Crippen molar-refractivity contribution < 1.29 is 9.53 Å². The Morgan fingerprint density at radius 1 is 1.43 bits per heavy atom. The predicted octanol–water partition coefficient (Wildman–Crippen LogP) is 3.34. The van der Waals surface area contributed by atoms with E-state index in [-0.39, 0.29) is 18.0 Å². The summed E-state index contributed by atoms with van der Waals surface area (Å²) in [5.74, 6) is -0.0799. The van der Waals surface area contributed by atoms with Gasteiger partial charge in [0.1, 0.15) is 0 Å². The molecule has 1 fully saturated rings. The number of rotatable bonds is 8. The van der Waals surface area contributed by atoms with E-state index in [0.717, 1.165) is 24.9 Å². The summed E-state index contributed by atoms with van der Waals surface area (Å²) in [6, 6.07) is 10.2. The molecule has 0 bridgehead atoms. The number of hydrogen-bond acceptors (Lipinski definition) is 3. The summed E-state index contributed by atoms with van der Waals surface area (Å²) in [7, 11) is 1.70. The molecule has 2 atom stereocenters. The van der Waals surface area contributed by atoms with Gasteiger partial charge in [-0.1, -0.05) is 43.0 Å². The number of methoxy groups -OCH3 is 1. The third-order valence-electron chi connectivity index (χ3n) is 4.25. The van der Waals surface area contributed by atoms with Gasteiger partial charge in [-0.05, 0) is 30.9 Å². The first-order valence-corrected chi connectivity index (χ1v) is 8.09. The maximum Gasteiger partial charge on any atom is 0.260 e. The molecule has 1 aromatic carbocycles. The van der Waals surface area contributed by atoms with Crippen LogP contribution in [0.2, 0.25) is 0 Å². The Morgan fingerprint density at radius 2 is 2.17 bits per heavy atom. The second-order valence-electron chi connectivity index (χ2n) is 5.75. The van der Waals surface area contributed by atoms with Crippen molar-refractivity contribution in [1.82, 2.24) is 10.0 Å². The minimum atomic E-state index is -0.0799. The van der Waals surface area contributed by atoms with Crippen molar-refractivity contribution in [2.45, 2.75) is 31.3 Å². The highest BCUT2D eigenvalue weighted by Crippen LogP contribution is 2.31.